The van der Waals surface area contributed by atoms with Gasteiger partial charge < -0.3 is 15.4 Å². The Kier molecular flexibility index (Phi) is 4.76. The van der Waals surface area contributed by atoms with E-state index in [2.05, 4.69) is 22.5 Å². The van der Waals surface area contributed by atoms with Crippen LogP contribution in [0.2, 0.25) is 0 Å². The molecular formula is C12H23N3O2. The minimum Gasteiger partial charge on any atom is -0.366 e. The molecule has 2 atom stereocenters. The Morgan fingerprint density at radius 3 is 3.18 bits per heavy atom. The first-order valence-electron chi connectivity index (χ1n) is 6.64. The third-order valence-electron chi connectivity index (χ3n) is 3.58. The number of rotatable bonds is 4. The highest BCUT2D eigenvalue weighted by molar-refractivity contribution is 5.81. The molecule has 2 aliphatic rings. The van der Waals surface area contributed by atoms with E-state index in [4.69, 9.17) is 4.74 Å². The Morgan fingerprint density at radius 2 is 2.47 bits per heavy atom. The van der Waals surface area contributed by atoms with Gasteiger partial charge in [-0.3, -0.25) is 9.69 Å². The second kappa shape index (κ2) is 6.33. The van der Waals surface area contributed by atoms with Crippen LogP contribution in [0.5, 0.6) is 0 Å². The van der Waals surface area contributed by atoms with Crippen LogP contribution in [-0.4, -0.2) is 62.3 Å². The molecule has 2 N–H and O–H groups in total. The van der Waals surface area contributed by atoms with Crippen molar-refractivity contribution >= 4 is 5.91 Å². The topological polar surface area (TPSA) is 53.6 Å². The lowest BCUT2D eigenvalue weighted by Gasteiger charge is -2.31. The van der Waals surface area contributed by atoms with Gasteiger partial charge in [0.1, 0.15) is 6.10 Å². The zero-order valence-corrected chi connectivity index (χ0v) is 10.6. The summed E-state index contributed by atoms with van der Waals surface area (Å²) < 4.78 is 5.51. The quantitative estimate of drug-likeness (QED) is 0.701. The van der Waals surface area contributed by atoms with Gasteiger partial charge in [0.2, 0.25) is 0 Å². The van der Waals surface area contributed by atoms with Crippen LogP contribution in [0, 0.1) is 0 Å². The Morgan fingerprint density at radius 1 is 1.59 bits per heavy atom. The fourth-order valence-electron chi connectivity index (χ4n) is 2.42. The fraction of sp³-hybridized carbons (Fsp3) is 0.917. The maximum absolute atomic E-state index is 11.9. The number of likely N-dealkylation sites (N-methyl/N-ethyl adjacent to an activating group) is 1. The SMILES string of the molecule is CCN1CCOC(C(=O)NCC2CCCN2)C1. The molecule has 98 valence electrons. The number of carbonyl (C=O) groups excluding carboxylic acids is 1. The third kappa shape index (κ3) is 3.66. The van der Waals surface area contributed by atoms with Crippen molar-refractivity contribution in [2.24, 2.45) is 0 Å². The summed E-state index contributed by atoms with van der Waals surface area (Å²) in [6, 6.07) is 0.449. The van der Waals surface area contributed by atoms with Gasteiger partial charge in [0.05, 0.1) is 6.61 Å². The summed E-state index contributed by atoms with van der Waals surface area (Å²) in [6.45, 7) is 7.22. The summed E-state index contributed by atoms with van der Waals surface area (Å²) in [6.07, 6.45) is 2.09. The number of hydrogen-bond acceptors (Lipinski definition) is 4. The van der Waals surface area contributed by atoms with E-state index < -0.39 is 0 Å². The van der Waals surface area contributed by atoms with Crippen molar-refractivity contribution < 1.29 is 9.53 Å². The van der Waals surface area contributed by atoms with Gasteiger partial charge in [0, 0.05) is 25.7 Å². The number of amides is 1. The molecule has 0 bridgehead atoms. The monoisotopic (exact) mass is 241 g/mol. The molecule has 2 unspecified atom stereocenters. The van der Waals surface area contributed by atoms with Gasteiger partial charge in [0.15, 0.2) is 0 Å². The maximum Gasteiger partial charge on any atom is 0.250 e. The first-order chi connectivity index (χ1) is 8.29. The van der Waals surface area contributed by atoms with Crippen LogP contribution in [0.25, 0.3) is 0 Å². The molecule has 0 aromatic carbocycles. The van der Waals surface area contributed by atoms with E-state index in [0.717, 1.165) is 39.1 Å². The molecular weight excluding hydrogens is 218 g/mol. The lowest BCUT2D eigenvalue weighted by molar-refractivity contribution is -0.138. The fourth-order valence-corrected chi connectivity index (χ4v) is 2.42. The van der Waals surface area contributed by atoms with E-state index in [1.807, 2.05) is 0 Å². The Bertz CT molecular complexity index is 254. The number of hydrogen-bond donors (Lipinski definition) is 2. The molecule has 2 rings (SSSR count). The van der Waals surface area contributed by atoms with Gasteiger partial charge in [-0.2, -0.15) is 0 Å². The Labute approximate surface area is 103 Å². The van der Waals surface area contributed by atoms with E-state index in [9.17, 15) is 4.79 Å². The first-order valence-corrected chi connectivity index (χ1v) is 6.64. The minimum absolute atomic E-state index is 0.0388. The summed E-state index contributed by atoms with van der Waals surface area (Å²) in [5.41, 5.74) is 0. The largest absolute Gasteiger partial charge is 0.366 e. The predicted molar refractivity (Wildman–Crippen MR) is 65.9 cm³/mol. The van der Waals surface area contributed by atoms with Crippen LogP contribution in [0.3, 0.4) is 0 Å². The molecule has 5 nitrogen and oxygen atoms in total. The molecule has 0 saturated carbocycles. The highest BCUT2D eigenvalue weighted by atomic mass is 16.5. The summed E-state index contributed by atoms with van der Waals surface area (Å²) in [5, 5.41) is 6.35. The molecule has 2 aliphatic heterocycles. The molecule has 0 aromatic rings. The van der Waals surface area contributed by atoms with Crippen LogP contribution in [0.15, 0.2) is 0 Å². The van der Waals surface area contributed by atoms with Crippen LogP contribution in [-0.2, 0) is 9.53 Å². The average Bonchev–Trinajstić information content (AvgIpc) is 2.89. The molecule has 1 amide bonds. The molecule has 5 heteroatoms. The number of nitrogens with zero attached hydrogens (tertiary/aromatic N) is 1. The Hall–Kier alpha value is -0.650. The van der Waals surface area contributed by atoms with Gasteiger partial charge in [-0.25, -0.2) is 0 Å². The molecule has 0 aromatic heterocycles. The number of morpholine rings is 1. The summed E-state index contributed by atoms with van der Waals surface area (Å²) in [4.78, 5) is 14.2. The predicted octanol–water partition coefficient (Wildman–Crippen LogP) is -0.425. The van der Waals surface area contributed by atoms with E-state index in [1.54, 1.807) is 0 Å². The van der Waals surface area contributed by atoms with E-state index in [0.29, 0.717) is 12.6 Å². The lowest BCUT2D eigenvalue weighted by Crippen LogP contribution is -2.51. The van der Waals surface area contributed by atoms with Crippen LogP contribution >= 0.6 is 0 Å². The third-order valence-corrected chi connectivity index (χ3v) is 3.58. The molecule has 0 aliphatic carbocycles. The van der Waals surface area contributed by atoms with Gasteiger partial charge in [-0.15, -0.1) is 0 Å². The molecule has 17 heavy (non-hydrogen) atoms. The molecule has 0 radical (unpaired) electrons. The van der Waals surface area contributed by atoms with Gasteiger partial charge >= 0.3 is 0 Å². The minimum atomic E-state index is -0.287. The Balaban J connectivity index is 1.71. The first kappa shape index (κ1) is 12.8. The van der Waals surface area contributed by atoms with Crippen molar-refractivity contribution in [3.63, 3.8) is 0 Å². The van der Waals surface area contributed by atoms with Gasteiger partial charge in [0.25, 0.3) is 5.91 Å². The van der Waals surface area contributed by atoms with E-state index in [1.165, 1.54) is 6.42 Å². The smallest absolute Gasteiger partial charge is 0.250 e. The van der Waals surface area contributed by atoms with Crippen molar-refractivity contribution in [1.82, 2.24) is 15.5 Å². The van der Waals surface area contributed by atoms with Crippen molar-refractivity contribution in [2.75, 3.05) is 39.3 Å². The normalized spacial score (nSPS) is 30.4. The van der Waals surface area contributed by atoms with Crippen molar-refractivity contribution in [3.8, 4) is 0 Å². The maximum atomic E-state index is 11.9. The van der Waals surface area contributed by atoms with Crippen molar-refractivity contribution in [1.29, 1.82) is 0 Å². The highest BCUT2D eigenvalue weighted by Crippen LogP contribution is 2.06. The van der Waals surface area contributed by atoms with Gasteiger partial charge in [-0.05, 0) is 25.9 Å². The zero-order chi connectivity index (χ0) is 12.1. The summed E-state index contributed by atoms with van der Waals surface area (Å²) in [5.74, 6) is 0.0388. The number of nitrogens with one attached hydrogen (secondary N) is 2. The van der Waals surface area contributed by atoms with Crippen LogP contribution in [0.1, 0.15) is 19.8 Å². The van der Waals surface area contributed by atoms with Gasteiger partial charge in [-0.1, -0.05) is 6.92 Å². The highest BCUT2D eigenvalue weighted by Gasteiger charge is 2.26. The number of carbonyl (C=O) groups is 1. The zero-order valence-electron chi connectivity index (χ0n) is 10.6. The van der Waals surface area contributed by atoms with Crippen molar-refractivity contribution in [3.05, 3.63) is 0 Å². The van der Waals surface area contributed by atoms with Crippen LogP contribution < -0.4 is 10.6 Å². The second-order valence-corrected chi connectivity index (χ2v) is 4.79. The van der Waals surface area contributed by atoms with E-state index >= 15 is 0 Å². The lowest BCUT2D eigenvalue weighted by atomic mass is 10.2. The van der Waals surface area contributed by atoms with Crippen molar-refractivity contribution in [2.45, 2.75) is 31.9 Å². The number of ether oxygens (including phenoxy) is 1. The molecule has 2 heterocycles. The average molecular weight is 241 g/mol. The summed E-state index contributed by atoms with van der Waals surface area (Å²) in [7, 11) is 0. The van der Waals surface area contributed by atoms with Crippen LogP contribution in [0.4, 0.5) is 0 Å². The molecule has 2 fully saturated rings. The second-order valence-electron chi connectivity index (χ2n) is 4.79. The summed E-state index contributed by atoms with van der Waals surface area (Å²) >= 11 is 0. The molecule has 2 saturated heterocycles. The standard InChI is InChI=1S/C12H23N3O2/c1-2-15-6-7-17-11(9-15)12(16)14-8-10-4-3-5-13-10/h10-11,13H,2-9H2,1H3,(H,14,16). The molecule has 0 spiro atoms. The van der Waals surface area contributed by atoms with E-state index in [-0.39, 0.29) is 12.0 Å².